The Morgan fingerprint density at radius 1 is 1.25 bits per heavy atom. The van der Waals surface area contributed by atoms with Gasteiger partial charge < -0.3 is 4.90 Å². The lowest BCUT2D eigenvalue weighted by Gasteiger charge is -2.09. The quantitative estimate of drug-likeness (QED) is 0.572. The van der Waals surface area contributed by atoms with Crippen LogP contribution in [-0.4, -0.2) is 25.0 Å². The van der Waals surface area contributed by atoms with Crippen LogP contribution in [-0.2, 0) is 0 Å². The van der Waals surface area contributed by atoms with Crippen molar-refractivity contribution in [3.63, 3.8) is 0 Å². The lowest BCUT2D eigenvalue weighted by atomic mass is 10.0. The first-order valence-corrected chi connectivity index (χ1v) is 5.51. The molecular formula is C11H23N. The molecule has 0 saturated carbocycles. The average Bonchev–Trinajstić information content (AvgIpc) is 2.45. The Balaban J connectivity index is 1.93. The van der Waals surface area contributed by atoms with E-state index in [1.54, 1.807) is 0 Å². The van der Waals surface area contributed by atoms with Crippen LogP contribution in [0.25, 0.3) is 0 Å². The van der Waals surface area contributed by atoms with E-state index in [1.165, 1.54) is 51.6 Å². The molecule has 0 unspecified atom stereocenters. The number of nitrogens with zero attached hydrogens (tertiary/aromatic N) is 1. The van der Waals surface area contributed by atoms with Gasteiger partial charge in [0.05, 0.1) is 0 Å². The molecule has 72 valence electrons. The smallest absolute Gasteiger partial charge is 0.000708 e. The molecule has 0 aromatic heterocycles. The maximum Gasteiger partial charge on any atom is 0.000708 e. The SMILES string of the molecule is CCCCCC[C@H]1CCN(C)C1. The van der Waals surface area contributed by atoms with Gasteiger partial charge in [-0.3, -0.25) is 0 Å². The van der Waals surface area contributed by atoms with Gasteiger partial charge in [-0.1, -0.05) is 32.6 Å². The topological polar surface area (TPSA) is 3.24 Å². The standard InChI is InChI=1S/C11H23N/c1-3-4-5-6-7-11-8-9-12(2)10-11/h11H,3-10H2,1-2H3/t11-/m0/s1. The predicted molar refractivity (Wildman–Crippen MR) is 54.4 cm³/mol. The molecule has 0 amide bonds. The van der Waals surface area contributed by atoms with Gasteiger partial charge in [0.15, 0.2) is 0 Å². The van der Waals surface area contributed by atoms with Crippen molar-refractivity contribution < 1.29 is 0 Å². The molecule has 1 nitrogen and oxygen atoms in total. The van der Waals surface area contributed by atoms with Crippen molar-refractivity contribution in [2.75, 3.05) is 20.1 Å². The van der Waals surface area contributed by atoms with Crippen molar-refractivity contribution in [1.82, 2.24) is 4.90 Å². The summed E-state index contributed by atoms with van der Waals surface area (Å²) in [5, 5.41) is 0. The molecule has 1 atom stereocenters. The predicted octanol–water partition coefficient (Wildman–Crippen LogP) is 2.91. The van der Waals surface area contributed by atoms with Gasteiger partial charge in [-0.25, -0.2) is 0 Å². The first-order valence-electron chi connectivity index (χ1n) is 5.51. The highest BCUT2D eigenvalue weighted by Gasteiger charge is 2.18. The molecule has 0 aromatic rings. The van der Waals surface area contributed by atoms with E-state index in [-0.39, 0.29) is 0 Å². The first-order chi connectivity index (χ1) is 5.83. The van der Waals surface area contributed by atoms with E-state index in [0.29, 0.717) is 0 Å². The summed E-state index contributed by atoms with van der Waals surface area (Å²) < 4.78 is 0. The monoisotopic (exact) mass is 169 g/mol. The molecule has 0 spiro atoms. The molecule has 0 bridgehead atoms. The van der Waals surface area contributed by atoms with Crippen LogP contribution in [0.2, 0.25) is 0 Å². The second-order valence-corrected chi connectivity index (χ2v) is 4.27. The van der Waals surface area contributed by atoms with E-state index < -0.39 is 0 Å². The fourth-order valence-electron chi connectivity index (χ4n) is 2.12. The van der Waals surface area contributed by atoms with Gasteiger partial charge in [0, 0.05) is 6.54 Å². The summed E-state index contributed by atoms with van der Waals surface area (Å²) >= 11 is 0. The highest BCUT2D eigenvalue weighted by Crippen LogP contribution is 2.20. The molecule has 1 aliphatic rings. The zero-order valence-electron chi connectivity index (χ0n) is 8.68. The average molecular weight is 169 g/mol. The molecule has 1 fully saturated rings. The number of hydrogen-bond donors (Lipinski definition) is 0. The molecule has 1 rings (SSSR count). The summed E-state index contributed by atoms with van der Waals surface area (Å²) in [6, 6.07) is 0. The first kappa shape index (κ1) is 10.0. The minimum atomic E-state index is 1.02. The van der Waals surface area contributed by atoms with Gasteiger partial charge in [-0.2, -0.15) is 0 Å². The van der Waals surface area contributed by atoms with E-state index >= 15 is 0 Å². The fraction of sp³-hybridized carbons (Fsp3) is 1.00. The van der Waals surface area contributed by atoms with Crippen molar-refractivity contribution in [2.24, 2.45) is 5.92 Å². The summed E-state index contributed by atoms with van der Waals surface area (Å²) in [5.74, 6) is 1.02. The Morgan fingerprint density at radius 2 is 2.08 bits per heavy atom. The van der Waals surface area contributed by atoms with Gasteiger partial charge in [-0.15, -0.1) is 0 Å². The Labute approximate surface area is 77.1 Å². The Morgan fingerprint density at radius 3 is 2.67 bits per heavy atom. The zero-order chi connectivity index (χ0) is 8.81. The van der Waals surface area contributed by atoms with Gasteiger partial charge in [0.2, 0.25) is 0 Å². The summed E-state index contributed by atoms with van der Waals surface area (Å²) in [5.41, 5.74) is 0. The van der Waals surface area contributed by atoms with Crippen LogP contribution >= 0.6 is 0 Å². The van der Waals surface area contributed by atoms with E-state index in [4.69, 9.17) is 0 Å². The van der Waals surface area contributed by atoms with E-state index in [9.17, 15) is 0 Å². The number of rotatable bonds is 5. The summed E-state index contributed by atoms with van der Waals surface area (Å²) in [6.45, 7) is 4.97. The minimum absolute atomic E-state index is 1.02. The largest absolute Gasteiger partial charge is 0.306 e. The van der Waals surface area contributed by atoms with Crippen molar-refractivity contribution in [3.05, 3.63) is 0 Å². The molecule has 0 aliphatic carbocycles. The molecule has 12 heavy (non-hydrogen) atoms. The summed E-state index contributed by atoms with van der Waals surface area (Å²) in [7, 11) is 2.24. The zero-order valence-corrected chi connectivity index (χ0v) is 8.68. The Hall–Kier alpha value is -0.0400. The molecule has 1 heteroatoms. The van der Waals surface area contributed by atoms with Crippen molar-refractivity contribution in [2.45, 2.75) is 45.4 Å². The van der Waals surface area contributed by atoms with E-state index in [1.807, 2.05) is 0 Å². The summed E-state index contributed by atoms with van der Waals surface area (Å²) in [4.78, 5) is 2.46. The molecule has 1 heterocycles. The third kappa shape index (κ3) is 3.57. The molecule has 0 aromatic carbocycles. The highest BCUT2D eigenvalue weighted by atomic mass is 15.1. The van der Waals surface area contributed by atoms with Crippen LogP contribution < -0.4 is 0 Å². The molecule has 1 aliphatic heterocycles. The van der Waals surface area contributed by atoms with Gasteiger partial charge in [0.25, 0.3) is 0 Å². The lowest BCUT2D eigenvalue weighted by Crippen LogP contribution is -2.13. The number of hydrogen-bond acceptors (Lipinski definition) is 1. The fourth-order valence-corrected chi connectivity index (χ4v) is 2.12. The normalized spacial score (nSPS) is 25.0. The molecule has 0 N–H and O–H groups in total. The Bertz CT molecular complexity index is 112. The molecular weight excluding hydrogens is 146 g/mol. The number of likely N-dealkylation sites (tertiary alicyclic amines) is 1. The second kappa shape index (κ2) is 5.58. The van der Waals surface area contributed by atoms with Crippen molar-refractivity contribution >= 4 is 0 Å². The van der Waals surface area contributed by atoms with Crippen molar-refractivity contribution in [1.29, 1.82) is 0 Å². The van der Waals surface area contributed by atoms with Gasteiger partial charge >= 0.3 is 0 Å². The van der Waals surface area contributed by atoms with Crippen molar-refractivity contribution in [3.8, 4) is 0 Å². The third-order valence-corrected chi connectivity index (χ3v) is 2.95. The molecule has 0 radical (unpaired) electrons. The van der Waals surface area contributed by atoms with E-state index in [2.05, 4.69) is 18.9 Å². The maximum atomic E-state index is 2.46. The maximum absolute atomic E-state index is 2.46. The third-order valence-electron chi connectivity index (χ3n) is 2.95. The van der Waals surface area contributed by atoms with Crippen LogP contribution in [0.3, 0.4) is 0 Å². The second-order valence-electron chi connectivity index (χ2n) is 4.27. The Kier molecular flexibility index (Phi) is 4.67. The molecule has 1 saturated heterocycles. The number of unbranched alkanes of at least 4 members (excludes halogenated alkanes) is 3. The van der Waals surface area contributed by atoms with Crippen LogP contribution in [0.5, 0.6) is 0 Å². The van der Waals surface area contributed by atoms with Crippen LogP contribution in [0, 0.1) is 5.92 Å². The minimum Gasteiger partial charge on any atom is -0.306 e. The summed E-state index contributed by atoms with van der Waals surface area (Å²) in [6.07, 6.45) is 8.64. The van der Waals surface area contributed by atoms with Gasteiger partial charge in [-0.05, 0) is 32.4 Å². The lowest BCUT2D eigenvalue weighted by molar-refractivity contribution is 0.382. The van der Waals surface area contributed by atoms with Crippen LogP contribution in [0.15, 0.2) is 0 Å². The van der Waals surface area contributed by atoms with Crippen LogP contribution in [0.1, 0.15) is 45.4 Å². The highest BCUT2D eigenvalue weighted by molar-refractivity contribution is 4.72. The van der Waals surface area contributed by atoms with E-state index in [0.717, 1.165) is 5.92 Å². The van der Waals surface area contributed by atoms with Crippen LogP contribution in [0.4, 0.5) is 0 Å². The van der Waals surface area contributed by atoms with Gasteiger partial charge in [0.1, 0.15) is 0 Å².